The molecule has 96 valence electrons. The second kappa shape index (κ2) is 6.27. The third kappa shape index (κ3) is 3.47. The summed E-state index contributed by atoms with van der Waals surface area (Å²) in [5.74, 6) is -1.22. The van der Waals surface area contributed by atoms with Crippen LogP contribution >= 0.6 is 0 Å². The van der Waals surface area contributed by atoms with E-state index in [2.05, 4.69) is 6.58 Å². The Morgan fingerprint density at radius 1 is 1.59 bits per heavy atom. The number of likely N-dealkylation sites (tertiary alicyclic amines) is 1. The van der Waals surface area contributed by atoms with Gasteiger partial charge in [0.1, 0.15) is 0 Å². The minimum atomic E-state index is -0.814. The van der Waals surface area contributed by atoms with Crippen LogP contribution in [0.3, 0.4) is 0 Å². The monoisotopic (exact) mass is 240 g/mol. The van der Waals surface area contributed by atoms with Crippen LogP contribution in [-0.4, -0.2) is 53.1 Å². The highest BCUT2D eigenvalue weighted by Crippen LogP contribution is 2.18. The van der Waals surface area contributed by atoms with Crippen LogP contribution in [-0.2, 0) is 4.79 Å². The largest absolute Gasteiger partial charge is 0.481 e. The first kappa shape index (κ1) is 13.5. The predicted molar refractivity (Wildman–Crippen MR) is 64.8 cm³/mol. The second-order valence-electron chi connectivity index (χ2n) is 4.29. The maximum Gasteiger partial charge on any atom is 0.320 e. The van der Waals surface area contributed by atoms with Crippen molar-refractivity contribution in [3.63, 3.8) is 0 Å². The van der Waals surface area contributed by atoms with Crippen LogP contribution in [0.1, 0.15) is 19.8 Å². The molecule has 5 heteroatoms. The first-order valence-electron chi connectivity index (χ1n) is 5.97. The zero-order chi connectivity index (χ0) is 12.8. The number of rotatable bonds is 5. The Balaban J connectivity index is 2.56. The summed E-state index contributed by atoms with van der Waals surface area (Å²) in [6.07, 6.45) is 3.13. The predicted octanol–water partition coefficient (Wildman–Crippen LogP) is 1.41. The molecule has 0 spiro atoms. The molecule has 2 amide bonds. The van der Waals surface area contributed by atoms with E-state index < -0.39 is 11.9 Å². The van der Waals surface area contributed by atoms with Crippen molar-refractivity contribution in [1.82, 2.24) is 9.80 Å². The molecular weight excluding hydrogens is 220 g/mol. The quantitative estimate of drug-likeness (QED) is 0.739. The molecule has 0 aromatic heterocycles. The molecule has 17 heavy (non-hydrogen) atoms. The van der Waals surface area contributed by atoms with Crippen molar-refractivity contribution in [3.8, 4) is 0 Å². The molecule has 1 aliphatic rings. The number of carboxylic acids is 1. The Kier molecular flexibility index (Phi) is 5.00. The Labute approximate surface area is 102 Å². The first-order chi connectivity index (χ1) is 8.10. The molecule has 1 unspecified atom stereocenters. The molecular formula is C12H20N2O3. The third-order valence-electron chi connectivity index (χ3n) is 2.92. The molecule has 0 aliphatic carbocycles. The van der Waals surface area contributed by atoms with Gasteiger partial charge in [-0.05, 0) is 12.8 Å². The van der Waals surface area contributed by atoms with Crippen LogP contribution in [0.15, 0.2) is 12.7 Å². The van der Waals surface area contributed by atoms with Crippen LogP contribution in [0, 0.1) is 5.92 Å². The van der Waals surface area contributed by atoms with E-state index in [1.807, 2.05) is 6.92 Å². The summed E-state index contributed by atoms with van der Waals surface area (Å²) >= 11 is 0. The van der Waals surface area contributed by atoms with Crippen molar-refractivity contribution < 1.29 is 14.7 Å². The lowest BCUT2D eigenvalue weighted by atomic mass is 10.1. The van der Waals surface area contributed by atoms with Gasteiger partial charge in [-0.25, -0.2) is 4.79 Å². The van der Waals surface area contributed by atoms with Crippen LogP contribution in [0.4, 0.5) is 4.79 Å². The lowest BCUT2D eigenvalue weighted by molar-refractivity contribution is -0.141. The molecule has 1 atom stereocenters. The Morgan fingerprint density at radius 2 is 2.29 bits per heavy atom. The minimum absolute atomic E-state index is 0.0736. The van der Waals surface area contributed by atoms with E-state index in [1.165, 1.54) is 0 Å². The maximum absolute atomic E-state index is 12.1. The topological polar surface area (TPSA) is 60.9 Å². The van der Waals surface area contributed by atoms with Gasteiger partial charge >= 0.3 is 12.0 Å². The highest BCUT2D eigenvalue weighted by molar-refractivity contribution is 5.77. The van der Waals surface area contributed by atoms with E-state index in [0.29, 0.717) is 32.6 Å². The number of carbonyl (C=O) groups is 2. The zero-order valence-electron chi connectivity index (χ0n) is 10.3. The number of hydrogen-bond donors (Lipinski definition) is 1. The number of amides is 2. The van der Waals surface area contributed by atoms with Gasteiger partial charge in [0.25, 0.3) is 0 Å². The normalized spacial score (nSPS) is 19.1. The van der Waals surface area contributed by atoms with Crippen LogP contribution in [0.2, 0.25) is 0 Å². The smallest absolute Gasteiger partial charge is 0.320 e. The first-order valence-corrected chi connectivity index (χ1v) is 5.97. The lowest BCUT2D eigenvalue weighted by Crippen LogP contribution is -2.42. The average Bonchev–Trinajstić information content (AvgIpc) is 2.77. The lowest BCUT2D eigenvalue weighted by Gasteiger charge is -2.26. The Bertz CT molecular complexity index is 304. The molecule has 1 aliphatic heterocycles. The fourth-order valence-electron chi connectivity index (χ4n) is 2.03. The van der Waals surface area contributed by atoms with Gasteiger partial charge in [0, 0.05) is 26.2 Å². The van der Waals surface area contributed by atoms with Crippen molar-refractivity contribution in [2.24, 2.45) is 5.92 Å². The molecule has 1 saturated heterocycles. The molecule has 0 saturated carbocycles. The van der Waals surface area contributed by atoms with E-state index in [1.54, 1.807) is 15.9 Å². The molecule has 1 N–H and O–H groups in total. The zero-order valence-corrected chi connectivity index (χ0v) is 10.3. The van der Waals surface area contributed by atoms with E-state index >= 15 is 0 Å². The fraction of sp³-hybridized carbons (Fsp3) is 0.667. The van der Waals surface area contributed by atoms with Crippen molar-refractivity contribution in [2.45, 2.75) is 19.8 Å². The summed E-state index contributed by atoms with van der Waals surface area (Å²) < 4.78 is 0. The van der Waals surface area contributed by atoms with Gasteiger partial charge in [-0.1, -0.05) is 13.0 Å². The molecule has 1 rings (SSSR count). The van der Waals surface area contributed by atoms with E-state index in [-0.39, 0.29) is 6.03 Å². The fourth-order valence-corrected chi connectivity index (χ4v) is 2.03. The molecule has 0 aromatic carbocycles. The summed E-state index contributed by atoms with van der Waals surface area (Å²) in [4.78, 5) is 26.3. The van der Waals surface area contributed by atoms with Crippen molar-refractivity contribution >= 4 is 12.0 Å². The number of aliphatic carboxylic acids is 1. The molecule has 0 aromatic rings. The van der Waals surface area contributed by atoms with Gasteiger partial charge in [-0.15, -0.1) is 6.58 Å². The third-order valence-corrected chi connectivity index (χ3v) is 2.92. The van der Waals surface area contributed by atoms with Gasteiger partial charge in [0.05, 0.1) is 5.92 Å². The molecule has 1 heterocycles. The van der Waals surface area contributed by atoms with Gasteiger partial charge < -0.3 is 14.9 Å². The average molecular weight is 240 g/mol. The van der Waals surface area contributed by atoms with Crippen molar-refractivity contribution in [3.05, 3.63) is 12.7 Å². The van der Waals surface area contributed by atoms with Gasteiger partial charge in [0.2, 0.25) is 0 Å². The molecule has 0 radical (unpaired) electrons. The van der Waals surface area contributed by atoms with E-state index in [4.69, 9.17) is 5.11 Å². The van der Waals surface area contributed by atoms with Crippen LogP contribution in [0.5, 0.6) is 0 Å². The van der Waals surface area contributed by atoms with Crippen molar-refractivity contribution in [1.29, 1.82) is 0 Å². The maximum atomic E-state index is 12.1. The van der Waals surface area contributed by atoms with Crippen molar-refractivity contribution in [2.75, 3.05) is 26.2 Å². The molecule has 5 nitrogen and oxygen atoms in total. The number of nitrogens with zero attached hydrogens (tertiary/aromatic N) is 2. The highest BCUT2D eigenvalue weighted by Gasteiger charge is 2.32. The summed E-state index contributed by atoms with van der Waals surface area (Å²) in [5.41, 5.74) is 0. The van der Waals surface area contributed by atoms with Gasteiger partial charge in [0.15, 0.2) is 0 Å². The Morgan fingerprint density at radius 3 is 2.76 bits per heavy atom. The number of carbonyl (C=O) groups excluding carboxylic acids is 1. The molecule has 1 fully saturated rings. The number of hydrogen-bond acceptors (Lipinski definition) is 2. The standard InChI is InChI=1S/C12H20N2O3/c1-3-6-13(7-4-2)12(17)14-8-5-10(9-14)11(15)16/h3,10H,1,4-9H2,2H3,(H,15,16). The summed E-state index contributed by atoms with van der Waals surface area (Å²) in [7, 11) is 0. The SMILES string of the molecule is C=CCN(CCC)C(=O)N1CCC(C(=O)O)C1. The summed E-state index contributed by atoms with van der Waals surface area (Å²) in [6.45, 7) is 7.69. The van der Waals surface area contributed by atoms with E-state index in [9.17, 15) is 9.59 Å². The summed E-state index contributed by atoms with van der Waals surface area (Å²) in [5, 5.41) is 8.89. The summed E-state index contributed by atoms with van der Waals surface area (Å²) in [6, 6.07) is -0.0736. The number of urea groups is 1. The van der Waals surface area contributed by atoms with Crippen LogP contribution < -0.4 is 0 Å². The second-order valence-corrected chi connectivity index (χ2v) is 4.29. The minimum Gasteiger partial charge on any atom is -0.481 e. The van der Waals surface area contributed by atoms with E-state index in [0.717, 1.165) is 6.42 Å². The number of carboxylic acid groups (broad SMARTS) is 1. The Hall–Kier alpha value is -1.52. The van der Waals surface area contributed by atoms with Crippen LogP contribution in [0.25, 0.3) is 0 Å². The van der Waals surface area contributed by atoms with Gasteiger partial charge in [-0.2, -0.15) is 0 Å². The molecule has 0 bridgehead atoms. The van der Waals surface area contributed by atoms with Gasteiger partial charge in [-0.3, -0.25) is 4.79 Å². The highest BCUT2D eigenvalue weighted by atomic mass is 16.4.